The van der Waals surface area contributed by atoms with Crippen molar-refractivity contribution in [3.63, 3.8) is 0 Å². The fourth-order valence-corrected chi connectivity index (χ4v) is 7.10. The van der Waals surface area contributed by atoms with Gasteiger partial charge in [0.2, 0.25) is 0 Å². The highest BCUT2D eigenvalue weighted by molar-refractivity contribution is 5.79. The van der Waals surface area contributed by atoms with Gasteiger partial charge in [-0.15, -0.1) is 0 Å². The lowest BCUT2D eigenvalue weighted by Crippen LogP contribution is -2.47. The first kappa shape index (κ1) is 33.5. The molecule has 2 heterocycles. The van der Waals surface area contributed by atoms with Crippen LogP contribution in [0.5, 0.6) is 5.75 Å². The molecule has 0 unspecified atom stereocenters. The molecule has 0 saturated carbocycles. The van der Waals surface area contributed by atoms with Gasteiger partial charge in [-0.1, -0.05) is 24.3 Å². The van der Waals surface area contributed by atoms with Crippen molar-refractivity contribution in [2.45, 2.75) is 77.6 Å². The topological polar surface area (TPSA) is 45.3 Å². The lowest BCUT2D eigenvalue weighted by Gasteiger charge is -2.44. The average molecular weight is 628 g/mol. The van der Waals surface area contributed by atoms with Gasteiger partial charge in [0.25, 0.3) is 0 Å². The number of benzene rings is 2. The Morgan fingerprint density at radius 2 is 1.67 bits per heavy atom. The zero-order valence-corrected chi connectivity index (χ0v) is 27.2. The Bertz CT molecular complexity index is 1340. The number of carbonyl (C=O) groups excluding carboxylic acids is 1. The smallest absolute Gasteiger partial charge is 0.307 e. The van der Waals surface area contributed by atoms with Gasteiger partial charge in [-0.2, -0.15) is 0 Å². The average Bonchev–Trinajstić information content (AvgIpc) is 3.35. The molecule has 2 aliphatic heterocycles. The molecule has 1 aliphatic carbocycles. The summed E-state index contributed by atoms with van der Waals surface area (Å²) in [4.78, 5) is 18.2. The highest BCUT2D eigenvalue weighted by atomic mass is 19.1. The maximum atomic E-state index is 15.9. The molecular formula is C36H48F3N3O3. The highest BCUT2D eigenvalue weighted by Crippen LogP contribution is 2.50. The van der Waals surface area contributed by atoms with Crippen LogP contribution in [0, 0.1) is 11.6 Å². The zero-order chi connectivity index (χ0) is 32.1. The molecule has 45 heavy (non-hydrogen) atoms. The first-order chi connectivity index (χ1) is 21.5. The van der Waals surface area contributed by atoms with E-state index in [1.165, 1.54) is 26.0 Å². The molecular weight excluding hydrogens is 579 g/mol. The Morgan fingerprint density at radius 1 is 1.00 bits per heavy atom. The van der Waals surface area contributed by atoms with Crippen molar-refractivity contribution in [1.82, 2.24) is 14.7 Å². The van der Waals surface area contributed by atoms with E-state index in [-0.39, 0.29) is 29.9 Å². The summed E-state index contributed by atoms with van der Waals surface area (Å²) < 4.78 is 57.7. The van der Waals surface area contributed by atoms with E-state index in [0.717, 1.165) is 74.4 Å². The van der Waals surface area contributed by atoms with Crippen molar-refractivity contribution in [3.05, 3.63) is 70.3 Å². The van der Waals surface area contributed by atoms with E-state index >= 15 is 13.2 Å². The number of carbonyl (C=O) groups is 1. The van der Waals surface area contributed by atoms with Gasteiger partial charge in [0.05, 0.1) is 25.7 Å². The fourth-order valence-electron chi connectivity index (χ4n) is 7.10. The zero-order valence-electron chi connectivity index (χ0n) is 27.2. The van der Waals surface area contributed by atoms with Crippen molar-refractivity contribution < 1.29 is 27.4 Å². The van der Waals surface area contributed by atoms with Gasteiger partial charge in [-0.3, -0.25) is 9.69 Å². The molecule has 3 aliphatic rings. The summed E-state index contributed by atoms with van der Waals surface area (Å²) in [6.45, 7) is 13.1. The van der Waals surface area contributed by atoms with Gasteiger partial charge in [0.15, 0.2) is 0 Å². The number of rotatable bonds is 13. The minimum Gasteiger partial charge on any atom is -0.493 e. The van der Waals surface area contributed by atoms with Crippen LogP contribution in [-0.2, 0) is 16.0 Å². The Labute approximate surface area is 266 Å². The number of nitrogens with zero attached hydrogens (tertiary/aromatic N) is 3. The Kier molecular flexibility index (Phi) is 10.9. The summed E-state index contributed by atoms with van der Waals surface area (Å²) >= 11 is 0. The molecule has 1 fully saturated rings. The molecule has 1 saturated heterocycles. The van der Waals surface area contributed by atoms with Gasteiger partial charge in [-0.05, 0) is 82.2 Å². The van der Waals surface area contributed by atoms with Gasteiger partial charge in [0, 0.05) is 63.0 Å². The molecule has 0 spiro atoms. The second-order valence-electron chi connectivity index (χ2n) is 13.3. The van der Waals surface area contributed by atoms with E-state index in [4.69, 9.17) is 9.47 Å². The Morgan fingerprint density at radius 3 is 2.33 bits per heavy atom. The minimum absolute atomic E-state index is 0.0279. The summed E-state index contributed by atoms with van der Waals surface area (Å²) in [7, 11) is 0. The molecule has 246 valence electrons. The van der Waals surface area contributed by atoms with Crippen LogP contribution in [0.2, 0.25) is 0 Å². The van der Waals surface area contributed by atoms with Crippen LogP contribution in [0.4, 0.5) is 13.2 Å². The molecule has 0 bridgehead atoms. The van der Waals surface area contributed by atoms with Crippen LogP contribution in [0.15, 0.2) is 42.0 Å². The number of fused-ring (bicyclic) bond motifs is 2. The fraction of sp³-hybridized carbons (Fsp3) is 0.583. The monoisotopic (exact) mass is 627 g/mol. The van der Waals surface area contributed by atoms with Crippen LogP contribution in [0.3, 0.4) is 0 Å². The molecule has 0 aromatic heterocycles. The van der Waals surface area contributed by atoms with E-state index in [1.807, 2.05) is 30.9 Å². The first-order valence-corrected chi connectivity index (χ1v) is 16.5. The number of hydrogen-bond donors (Lipinski definition) is 0. The third-order valence-electron chi connectivity index (χ3n) is 9.26. The van der Waals surface area contributed by atoms with Crippen LogP contribution in [0.1, 0.15) is 76.1 Å². The lowest BCUT2D eigenvalue weighted by molar-refractivity contribution is -0.143. The maximum absolute atomic E-state index is 15.9. The summed E-state index contributed by atoms with van der Waals surface area (Å²) in [6.07, 6.45) is 3.42. The second kappa shape index (κ2) is 14.7. The molecule has 2 atom stereocenters. The largest absolute Gasteiger partial charge is 0.493 e. The predicted octanol–water partition coefficient (Wildman–Crippen LogP) is 6.59. The normalized spacial score (nSPS) is 21.1. The summed E-state index contributed by atoms with van der Waals surface area (Å²) in [5.41, 5.74) is 2.83. The van der Waals surface area contributed by atoms with Gasteiger partial charge < -0.3 is 19.3 Å². The number of halogens is 3. The van der Waals surface area contributed by atoms with Crippen molar-refractivity contribution in [2.24, 2.45) is 0 Å². The number of alkyl halides is 1. The Hall–Kier alpha value is -2.88. The Balaban J connectivity index is 1.18. The quantitative estimate of drug-likeness (QED) is 0.185. The molecule has 0 N–H and O–H groups in total. The third-order valence-corrected chi connectivity index (χ3v) is 9.26. The van der Waals surface area contributed by atoms with E-state index < -0.39 is 23.3 Å². The molecule has 9 heteroatoms. The summed E-state index contributed by atoms with van der Waals surface area (Å²) in [6, 6.07) is 9.93. The van der Waals surface area contributed by atoms with Crippen molar-refractivity contribution in [3.8, 4) is 5.75 Å². The first-order valence-electron chi connectivity index (χ1n) is 16.5. The van der Waals surface area contributed by atoms with Crippen LogP contribution in [0.25, 0.3) is 5.57 Å². The molecule has 2 aromatic rings. The van der Waals surface area contributed by atoms with Crippen molar-refractivity contribution in [1.29, 1.82) is 0 Å². The summed E-state index contributed by atoms with van der Waals surface area (Å²) in [5, 5.41) is 0. The van der Waals surface area contributed by atoms with Gasteiger partial charge in [0.1, 0.15) is 23.1 Å². The summed E-state index contributed by atoms with van der Waals surface area (Å²) in [5.74, 6) is -1.29. The second-order valence-corrected chi connectivity index (χ2v) is 13.3. The highest BCUT2D eigenvalue weighted by Gasteiger charge is 2.43. The number of piperazine rings is 1. The minimum atomic E-state index is -1.52. The molecule has 2 aromatic carbocycles. The molecule has 0 radical (unpaired) electrons. The van der Waals surface area contributed by atoms with Crippen LogP contribution in [-0.4, -0.2) is 91.4 Å². The molecule has 5 rings (SSSR count). The van der Waals surface area contributed by atoms with Gasteiger partial charge in [-0.25, -0.2) is 13.2 Å². The van der Waals surface area contributed by atoms with E-state index in [0.29, 0.717) is 32.5 Å². The van der Waals surface area contributed by atoms with Crippen LogP contribution >= 0.6 is 0 Å². The van der Waals surface area contributed by atoms with E-state index in [2.05, 4.69) is 21.9 Å². The van der Waals surface area contributed by atoms with Crippen LogP contribution < -0.4 is 4.74 Å². The number of unbranched alkanes of at least 4 members (excludes halogenated alkanes) is 1. The molecule has 6 nitrogen and oxygen atoms in total. The lowest BCUT2D eigenvalue weighted by atomic mass is 9.84. The number of esters is 1. The standard InChI is InChI=1S/C36H48F3N3O3/c1-5-44-33(43)12-14-41-17-15-40(16-18-41)13-8-9-19-45-27-22-31(37)34(32(38)23-27)35-30-21-26-10-6-7-11-28(26)29(30)20-25(2)42(35)24-36(3,4)39/h6-7,10-11,22-23,25,35H,5,8-9,12-21,24H2,1-4H3/t25-,35+/m1/s1. The van der Waals surface area contributed by atoms with Gasteiger partial charge >= 0.3 is 5.97 Å². The molecule has 0 amide bonds. The predicted molar refractivity (Wildman–Crippen MR) is 171 cm³/mol. The number of ether oxygens (including phenoxy) is 2. The third kappa shape index (κ3) is 8.29. The van der Waals surface area contributed by atoms with E-state index in [9.17, 15) is 4.79 Å². The maximum Gasteiger partial charge on any atom is 0.307 e. The van der Waals surface area contributed by atoms with Crippen molar-refractivity contribution >= 4 is 11.5 Å². The van der Waals surface area contributed by atoms with E-state index in [1.54, 1.807) is 0 Å². The van der Waals surface area contributed by atoms with Crippen molar-refractivity contribution in [2.75, 3.05) is 59.0 Å². The number of hydrogen-bond acceptors (Lipinski definition) is 6. The SMILES string of the molecule is CCOC(=O)CCN1CCN(CCCCOc2cc(F)c([C@@H]3C4=C(C[C@@H](C)N3CC(C)(C)F)c3ccccc3C4)c(F)c2)CC1.